The Morgan fingerprint density at radius 2 is 1.92 bits per heavy atom. The summed E-state index contributed by atoms with van der Waals surface area (Å²) < 4.78 is 18.5. The van der Waals surface area contributed by atoms with Gasteiger partial charge < -0.3 is 9.84 Å². The molecule has 1 fully saturated rings. The molecule has 0 aromatic heterocycles. The van der Waals surface area contributed by atoms with Crippen molar-refractivity contribution in [3.8, 4) is 11.1 Å². The number of carbonyl (C=O) groups is 1. The molecule has 0 spiro atoms. The third-order valence-electron chi connectivity index (χ3n) is 4.35. The van der Waals surface area contributed by atoms with Crippen LogP contribution in [0.2, 0.25) is 0 Å². The second kappa shape index (κ2) is 7.19. The van der Waals surface area contributed by atoms with Crippen molar-refractivity contribution in [3.63, 3.8) is 0 Å². The number of hydrogen-bond donors (Lipinski definition) is 1. The highest BCUT2D eigenvalue weighted by Gasteiger charge is 2.25. The van der Waals surface area contributed by atoms with E-state index in [0.29, 0.717) is 6.42 Å². The smallest absolute Gasteiger partial charge is 0.309 e. The number of halogens is 1. The van der Waals surface area contributed by atoms with Gasteiger partial charge in [0.15, 0.2) is 0 Å². The number of aryl methyl sites for hydroxylation is 2. The third-order valence-corrected chi connectivity index (χ3v) is 4.35. The minimum absolute atomic E-state index is 0.0503. The van der Waals surface area contributed by atoms with Gasteiger partial charge in [-0.2, -0.15) is 0 Å². The average molecular weight is 340 g/mol. The number of ether oxygens (including phenoxy) is 1. The molecule has 1 N–H and O–H groups in total. The Balaban J connectivity index is 1.96. The third kappa shape index (κ3) is 4.15. The Hall–Kier alpha value is -2.46. The van der Waals surface area contributed by atoms with Crippen molar-refractivity contribution in [2.75, 3.05) is 0 Å². The molecule has 0 unspecified atom stereocenters. The van der Waals surface area contributed by atoms with E-state index in [2.05, 4.69) is 12.1 Å². The molecule has 0 aliphatic carbocycles. The van der Waals surface area contributed by atoms with Gasteiger partial charge in [0, 0.05) is 6.42 Å². The van der Waals surface area contributed by atoms with Gasteiger partial charge in [0.2, 0.25) is 0 Å². The minimum Gasteiger partial charge on any atom is -0.458 e. The van der Waals surface area contributed by atoms with Gasteiger partial charge in [-0.15, -0.1) is 0 Å². The molecular formula is C21H21FO3. The molecular weight excluding hydrogens is 319 g/mol. The van der Waals surface area contributed by atoms with Gasteiger partial charge in [0.05, 0.1) is 12.5 Å². The van der Waals surface area contributed by atoms with Crippen LogP contribution in [0.25, 0.3) is 17.2 Å². The van der Waals surface area contributed by atoms with Gasteiger partial charge in [-0.1, -0.05) is 35.9 Å². The molecule has 0 saturated carbocycles. The SMILES string of the molecule is Cc1cc(C)c(/C=C/[C@@H]2C[C@@H](O)CC(=O)O2)c(-c2ccc(F)cc2)c1. The van der Waals surface area contributed by atoms with Crippen molar-refractivity contribution in [2.24, 2.45) is 0 Å². The molecule has 1 heterocycles. The van der Waals surface area contributed by atoms with Crippen LogP contribution >= 0.6 is 0 Å². The highest BCUT2D eigenvalue weighted by molar-refractivity contribution is 5.78. The molecule has 0 amide bonds. The monoisotopic (exact) mass is 340 g/mol. The van der Waals surface area contributed by atoms with Crippen molar-refractivity contribution in [2.45, 2.75) is 38.9 Å². The molecule has 3 nitrogen and oxygen atoms in total. The normalized spacial score (nSPS) is 20.7. The highest BCUT2D eigenvalue weighted by Crippen LogP contribution is 2.30. The van der Waals surface area contributed by atoms with Crippen molar-refractivity contribution >= 4 is 12.0 Å². The number of carbonyl (C=O) groups excluding carboxylic acids is 1. The van der Waals surface area contributed by atoms with E-state index in [1.165, 1.54) is 12.1 Å². The standard InChI is InChI=1S/C21H21FO3/c1-13-9-14(2)19(8-7-18-11-17(23)12-21(24)25-18)20(10-13)15-3-5-16(22)6-4-15/h3-10,17-18,23H,11-12H2,1-2H3/b8-7+/t17-,18-/m1/s1. The Labute approximate surface area is 146 Å². The quantitative estimate of drug-likeness (QED) is 0.852. The maximum atomic E-state index is 13.2. The van der Waals surface area contributed by atoms with Crippen molar-refractivity contribution in [1.82, 2.24) is 0 Å². The summed E-state index contributed by atoms with van der Waals surface area (Å²) in [7, 11) is 0. The molecule has 1 aliphatic rings. The predicted octanol–water partition coefficient (Wildman–Crippen LogP) is 4.19. The summed E-state index contributed by atoms with van der Waals surface area (Å²) in [6.45, 7) is 4.04. The zero-order valence-corrected chi connectivity index (χ0v) is 14.3. The first kappa shape index (κ1) is 17.4. The average Bonchev–Trinajstić information content (AvgIpc) is 2.53. The molecule has 0 radical (unpaired) electrons. The predicted molar refractivity (Wildman–Crippen MR) is 95.5 cm³/mol. The molecule has 4 heteroatoms. The van der Waals surface area contributed by atoms with E-state index in [0.717, 1.165) is 27.8 Å². The summed E-state index contributed by atoms with van der Waals surface area (Å²) in [6, 6.07) is 10.5. The van der Waals surface area contributed by atoms with Crippen LogP contribution in [0.3, 0.4) is 0 Å². The summed E-state index contributed by atoms with van der Waals surface area (Å²) in [5.74, 6) is -0.652. The van der Waals surface area contributed by atoms with Gasteiger partial charge in [0.1, 0.15) is 11.9 Å². The minimum atomic E-state index is -0.661. The fourth-order valence-electron chi connectivity index (χ4n) is 3.20. The summed E-state index contributed by atoms with van der Waals surface area (Å²) in [5, 5.41) is 9.73. The summed E-state index contributed by atoms with van der Waals surface area (Å²) in [5.41, 5.74) is 5.12. The maximum absolute atomic E-state index is 13.2. The molecule has 1 saturated heterocycles. The number of aliphatic hydroxyl groups excluding tert-OH is 1. The van der Waals surface area contributed by atoms with Crippen molar-refractivity contribution in [1.29, 1.82) is 0 Å². The van der Waals surface area contributed by atoms with Crippen LogP contribution in [-0.2, 0) is 9.53 Å². The van der Waals surface area contributed by atoms with E-state index >= 15 is 0 Å². The molecule has 3 rings (SSSR count). The lowest BCUT2D eigenvalue weighted by molar-refractivity contribution is -0.156. The van der Waals surface area contributed by atoms with Gasteiger partial charge >= 0.3 is 5.97 Å². The zero-order chi connectivity index (χ0) is 18.0. The number of hydrogen-bond acceptors (Lipinski definition) is 3. The molecule has 2 atom stereocenters. The summed E-state index contributed by atoms with van der Waals surface area (Å²) in [4.78, 5) is 11.5. The second-order valence-electron chi connectivity index (χ2n) is 6.53. The lowest BCUT2D eigenvalue weighted by Gasteiger charge is -2.23. The topological polar surface area (TPSA) is 46.5 Å². The van der Waals surface area contributed by atoms with Crippen LogP contribution in [0.1, 0.15) is 29.5 Å². The van der Waals surface area contributed by atoms with Crippen LogP contribution in [0.15, 0.2) is 42.5 Å². The Kier molecular flexibility index (Phi) is 5.00. The van der Waals surface area contributed by atoms with E-state index < -0.39 is 12.2 Å². The van der Waals surface area contributed by atoms with Gasteiger partial charge in [-0.05, 0) is 54.3 Å². The number of benzene rings is 2. The van der Waals surface area contributed by atoms with Crippen LogP contribution in [-0.4, -0.2) is 23.3 Å². The molecule has 0 bridgehead atoms. The Bertz CT molecular complexity index is 809. The van der Waals surface area contributed by atoms with Gasteiger partial charge in [0.25, 0.3) is 0 Å². The maximum Gasteiger partial charge on any atom is 0.309 e. The molecule has 2 aromatic carbocycles. The Morgan fingerprint density at radius 1 is 1.20 bits per heavy atom. The first-order valence-electron chi connectivity index (χ1n) is 8.35. The largest absolute Gasteiger partial charge is 0.458 e. The second-order valence-corrected chi connectivity index (χ2v) is 6.53. The van der Waals surface area contributed by atoms with Gasteiger partial charge in [-0.25, -0.2) is 4.39 Å². The lowest BCUT2D eigenvalue weighted by atomic mass is 9.93. The van der Waals surface area contributed by atoms with Crippen LogP contribution in [0, 0.1) is 19.7 Å². The highest BCUT2D eigenvalue weighted by atomic mass is 19.1. The number of rotatable bonds is 3. The number of aliphatic hydroxyl groups is 1. The molecule has 1 aliphatic heterocycles. The van der Waals surface area contributed by atoms with Crippen LogP contribution in [0.5, 0.6) is 0 Å². The van der Waals surface area contributed by atoms with Crippen LogP contribution < -0.4 is 0 Å². The molecule has 25 heavy (non-hydrogen) atoms. The van der Waals surface area contributed by atoms with Gasteiger partial charge in [-0.3, -0.25) is 4.79 Å². The number of esters is 1. The summed E-state index contributed by atoms with van der Waals surface area (Å²) >= 11 is 0. The van der Waals surface area contributed by atoms with Crippen molar-refractivity contribution < 1.29 is 19.0 Å². The van der Waals surface area contributed by atoms with E-state index in [1.807, 2.05) is 26.0 Å². The molecule has 130 valence electrons. The fourth-order valence-corrected chi connectivity index (χ4v) is 3.20. The van der Waals surface area contributed by atoms with E-state index in [9.17, 15) is 14.3 Å². The number of cyclic esters (lactones) is 1. The fraction of sp³-hybridized carbons (Fsp3) is 0.286. The van der Waals surface area contributed by atoms with Crippen LogP contribution in [0.4, 0.5) is 4.39 Å². The lowest BCUT2D eigenvalue weighted by Crippen LogP contribution is -2.31. The first-order valence-corrected chi connectivity index (χ1v) is 8.35. The van der Waals surface area contributed by atoms with E-state index in [4.69, 9.17) is 4.74 Å². The first-order chi connectivity index (χ1) is 11.9. The van der Waals surface area contributed by atoms with E-state index in [-0.39, 0.29) is 18.2 Å². The zero-order valence-electron chi connectivity index (χ0n) is 14.3. The Morgan fingerprint density at radius 3 is 2.60 bits per heavy atom. The van der Waals surface area contributed by atoms with E-state index in [1.54, 1.807) is 12.1 Å². The summed E-state index contributed by atoms with van der Waals surface area (Å²) in [6.07, 6.45) is 3.09. The molecule has 2 aromatic rings. The van der Waals surface area contributed by atoms with Crippen molar-refractivity contribution in [3.05, 3.63) is 65.0 Å².